The SMILES string of the molecule is Cc1oc2ccccc2c1CC(C)(C)C(=O)O. The van der Waals surface area contributed by atoms with E-state index in [0.717, 1.165) is 22.3 Å². The van der Waals surface area contributed by atoms with Gasteiger partial charge in [-0.3, -0.25) is 4.79 Å². The molecule has 0 fully saturated rings. The third-order valence-electron chi connectivity index (χ3n) is 3.10. The summed E-state index contributed by atoms with van der Waals surface area (Å²) in [6, 6.07) is 7.73. The number of aryl methyl sites for hydroxylation is 1. The van der Waals surface area contributed by atoms with E-state index in [2.05, 4.69) is 0 Å². The van der Waals surface area contributed by atoms with Gasteiger partial charge >= 0.3 is 5.97 Å². The highest BCUT2D eigenvalue weighted by atomic mass is 16.4. The molecular weight excluding hydrogens is 216 g/mol. The number of hydrogen-bond acceptors (Lipinski definition) is 2. The third kappa shape index (κ3) is 2.05. The van der Waals surface area contributed by atoms with Gasteiger partial charge in [-0.2, -0.15) is 0 Å². The van der Waals surface area contributed by atoms with Gasteiger partial charge in [0.25, 0.3) is 0 Å². The van der Waals surface area contributed by atoms with E-state index in [1.807, 2.05) is 31.2 Å². The van der Waals surface area contributed by atoms with Gasteiger partial charge in [-0.15, -0.1) is 0 Å². The zero-order valence-electron chi connectivity index (χ0n) is 10.3. The van der Waals surface area contributed by atoms with Crippen LogP contribution < -0.4 is 0 Å². The molecule has 17 heavy (non-hydrogen) atoms. The predicted octanol–water partition coefficient (Wildman–Crippen LogP) is 3.39. The minimum absolute atomic E-state index is 0.477. The van der Waals surface area contributed by atoms with Crippen molar-refractivity contribution in [1.82, 2.24) is 0 Å². The highest BCUT2D eigenvalue weighted by Gasteiger charge is 2.29. The standard InChI is InChI=1S/C14H16O3/c1-9-11(8-14(2,3)13(15)16)10-6-4-5-7-12(10)17-9/h4-7H,8H2,1-3H3,(H,15,16). The number of furan rings is 1. The fourth-order valence-corrected chi connectivity index (χ4v) is 1.96. The Bertz CT molecular complexity index is 564. The highest BCUT2D eigenvalue weighted by molar-refractivity contribution is 5.83. The van der Waals surface area contributed by atoms with Crippen LogP contribution in [0.1, 0.15) is 25.2 Å². The van der Waals surface area contributed by atoms with Crippen molar-refractivity contribution in [2.45, 2.75) is 27.2 Å². The summed E-state index contributed by atoms with van der Waals surface area (Å²) in [6.07, 6.45) is 0.477. The van der Waals surface area contributed by atoms with Crippen molar-refractivity contribution in [1.29, 1.82) is 0 Å². The van der Waals surface area contributed by atoms with Crippen LogP contribution in [0.3, 0.4) is 0 Å². The molecule has 1 aromatic carbocycles. The Morgan fingerprint density at radius 3 is 2.65 bits per heavy atom. The van der Waals surface area contributed by atoms with Crippen LogP contribution in [0.4, 0.5) is 0 Å². The molecule has 0 unspecified atom stereocenters. The second-order valence-electron chi connectivity index (χ2n) is 5.00. The maximum absolute atomic E-state index is 11.2. The number of fused-ring (bicyclic) bond motifs is 1. The van der Waals surface area contributed by atoms with E-state index in [0.29, 0.717) is 6.42 Å². The van der Waals surface area contributed by atoms with Gasteiger partial charge in [0.15, 0.2) is 0 Å². The van der Waals surface area contributed by atoms with E-state index in [1.165, 1.54) is 0 Å². The first-order valence-corrected chi connectivity index (χ1v) is 5.62. The Morgan fingerprint density at radius 1 is 1.35 bits per heavy atom. The molecule has 1 heterocycles. The van der Waals surface area contributed by atoms with Gasteiger partial charge < -0.3 is 9.52 Å². The average molecular weight is 232 g/mol. The van der Waals surface area contributed by atoms with Crippen molar-refractivity contribution in [3.05, 3.63) is 35.6 Å². The molecule has 90 valence electrons. The van der Waals surface area contributed by atoms with Crippen LogP contribution in [0, 0.1) is 12.3 Å². The summed E-state index contributed by atoms with van der Waals surface area (Å²) in [6.45, 7) is 5.35. The second-order valence-corrected chi connectivity index (χ2v) is 5.00. The molecule has 0 aliphatic carbocycles. The zero-order chi connectivity index (χ0) is 12.6. The van der Waals surface area contributed by atoms with E-state index in [-0.39, 0.29) is 0 Å². The van der Waals surface area contributed by atoms with E-state index >= 15 is 0 Å². The van der Waals surface area contributed by atoms with E-state index < -0.39 is 11.4 Å². The molecule has 0 saturated heterocycles. The maximum atomic E-state index is 11.2. The fraction of sp³-hybridized carbons (Fsp3) is 0.357. The maximum Gasteiger partial charge on any atom is 0.309 e. The summed E-state index contributed by atoms with van der Waals surface area (Å²) < 4.78 is 5.63. The molecule has 0 aliphatic heterocycles. The van der Waals surface area contributed by atoms with E-state index in [9.17, 15) is 9.90 Å². The first kappa shape index (κ1) is 11.7. The molecule has 3 nitrogen and oxygen atoms in total. The number of benzene rings is 1. The molecule has 0 saturated carbocycles. The number of aliphatic carboxylic acids is 1. The smallest absolute Gasteiger partial charge is 0.309 e. The van der Waals surface area contributed by atoms with Gasteiger partial charge in [0.2, 0.25) is 0 Å². The van der Waals surface area contributed by atoms with Gasteiger partial charge in [-0.1, -0.05) is 18.2 Å². The molecule has 0 radical (unpaired) electrons. The van der Waals surface area contributed by atoms with Gasteiger partial charge in [0, 0.05) is 10.9 Å². The van der Waals surface area contributed by atoms with Gasteiger partial charge in [-0.25, -0.2) is 0 Å². The van der Waals surface area contributed by atoms with Crippen molar-refractivity contribution in [2.24, 2.45) is 5.41 Å². The fourth-order valence-electron chi connectivity index (χ4n) is 1.96. The third-order valence-corrected chi connectivity index (χ3v) is 3.10. The molecule has 2 aromatic rings. The summed E-state index contributed by atoms with van der Waals surface area (Å²) >= 11 is 0. The van der Waals surface area contributed by atoms with Crippen molar-refractivity contribution in [3.8, 4) is 0 Å². The summed E-state index contributed by atoms with van der Waals surface area (Å²) in [5.74, 6) is 0.0164. The lowest BCUT2D eigenvalue weighted by Gasteiger charge is -2.18. The van der Waals surface area contributed by atoms with Crippen LogP contribution in [-0.2, 0) is 11.2 Å². The van der Waals surface area contributed by atoms with Gasteiger partial charge in [-0.05, 0) is 33.3 Å². The van der Waals surface area contributed by atoms with Gasteiger partial charge in [0.1, 0.15) is 11.3 Å². The number of carboxylic acids is 1. The molecular formula is C14H16O3. The largest absolute Gasteiger partial charge is 0.481 e. The Morgan fingerprint density at radius 2 is 2.00 bits per heavy atom. The van der Waals surface area contributed by atoms with E-state index in [4.69, 9.17) is 4.42 Å². The van der Waals surface area contributed by atoms with Crippen LogP contribution in [-0.4, -0.2) is 11.1 Å². The quantitative estimate of drug-likeness (QED) is 0.882. The highest BCUT2D eigenvalue weighted by Crippen LogP contribution is 2.31. The topological polar surface area (TPSA) is 50.4 Å². The molecule has 0 aliphatic rings. The molecule has 1 N–H and O–H groups in total. The lowest BCUT2D eigenvalue weighted by Crippen LogP contribution is -2.26. The number of hydrogen-bond donors (Lipinski definition) is 1. The summed E-state index contributed by atoms with van der Waals surface area (Å²) in [7, 11) is 0. The average Bonchev–Trinajstić information content (AvgIpc) is 2.55. The predicted molar refractivity (Wildman–Crippen MR) is 66.1 cm³/mol. The second kappa shape index (κ2) is 3.91. The molecule has 2 rings (SSSR count). The van der Waals surface area contributed by atoms with Crippen LogP contribution in [0.2, 0.25) is 0 Å². The minimum atomic E-state index is -0.790. The van der Waals surface area contributed by atoms with Gasteiger partial charge in [0.05, 0.1) is 5.41 Å². The lowest BCUT2D eigenvalue weighted by atomic mass is 9.85. The number of para-hydroxylation sites is 1. The lowest BCUT2D eigenvalue weighted by molar-refractivity contribution is -0.146. The monoisotopic (exact) mass is 232 g/mol. The van der Waals surface area contributed by atoms with Crippen LogP contribution >= 0.6 is 0 Å². The van der Waals surface area contributed by atoms with Crippen molar-refractivity contribution in [2.75, 3.05) is 0 Å². The normalized spacial score (nSPS) is 11.9. The van der Waals surface area contributed by atoms with Crippen LogP contribution in [0.5, 0.6) is 0 Å². The zero-order valence-corrected chi connectivity index (χ0v) is 10.3. The number of carboxylic acid groups (broad SMARTS) is 1. The Kier molecular flexibility index (Phi) is 2.69. The molecule has 0 spiro atoms. The number of carbonyl (C=O) groups is 1. The van der Waals surface area contributed by atoms with Crippen molar-refractivity contribution in [3.63, 3.8) is 0 Å². The molecule has 1 aromatic heterocycles. The summed E-state index contributed by atoms with van der Waals surface area (Å²) in [5.41, 5.74) is 1.03. The Balaban J connectivity index is 2.49. The summed E-state index contributed by atoms with van der Waals surface area (Å²) in [4.78, 5) is 11.2. The molecule has 0 amide bonds. The molecule has 0 atom stereocenters. The first-order chi connectivity index (χ1) is 7.92. The van der Waals surface area contributed by atoms with Crippen molar-refractivity contribution < 1.29 is 14.3 Å². The molecule has 3 heteroatoms. The Hall–Kier alpha value is -1.77. The summed E-state index contributed by atoms with van der Waals surface area (Å²) in [5, 5.41) is 10.2. The van der Waals surface area contributed by atoms with Crippen molar-refractivity contribution >= 4 is 16.9 Å². The molecule has 0 bridgehead atoms. The number of rotatable bonds is 3. The van der Waals surface area contributed by atoms with E-state index in [1.54, 1.807) is 13.8 Å². The minimum Gasteiger partial charge on any atom is -0.481 e. The Labute approximate surface area is 100 Å². The van der Waals surface area contributed by atoms with Crippen LogP contribution in [0.15, 0.2) is 28.7 Å². The first-order valence-electron chi connectivity index (χ1n) is 5.62. The van der Waals surface area contributed by atoms with Crippen LogP contribution in [0.25, 0.3) is 11.0 Å².